The van der Waals surface area contributed by atoms with Crippen molar-refractivity contribution in [3.63, 3.8) is 0 Å². The van der Waals surface area contributed by atoms with E-state index < -0.39 is 24.3 Å². The summed E-state index contributed by atoms with van der Waals surface area (Å²) >= 11 is 0. The van der Waals surface area contributed by atoms with Crippen molar-refractivity contribution < 1.29 is 42.9 Å². The topological polar surface area (TPSA) is 108 Å². The van der Waals surface area contributed by atoms with Gasteiger partial charge in [-0.2, -0.15) is 0 Å². The Morgan fingerprint density at radius 2 is 1.13 bits per heavy atom. The molecule has 0 aliphatic heterocycles. The van der Waals surface area contributed by atoms with Crippen LogP contribution in [0.3, 0.4) is 0 Å². The van der Waals surface area contributed by atoms with Crippen LogP contribution in [0.5, 0.6) is 0 Å². The number of rotatable bonds is 34. The van der Waals surface area contributed by atoms with Crippen LogP contribution in [0.25, 0.3) is 0 Å². The molecule has 0 heterocycles. The highest BCUT2D eigenvalue weighted by Crippen LogP contribution is 2.10. The molecule has 0 saturated carbocycles. The van der Waals surface area contributed by atoms with Crippen LogP contribution >= 0.6 is 0 Å². The summed E-state index contributed by atoms with van der Waals surface area (Å²) in [6, 6.07) is 0. The summed E-state index contributed by atoms with van der Waals surface area (Å²) in [6.07, 6.45) is 38.4. The predicted octanol–water partition coefficient (Wildman–Crippen LogP) is 9.60. The molecule has 0 aromatic heterocycles. The molecule has 1 N–H and O–H groups in total. The van der Waals surface area contributed by atoms with Gasteiger partial charge < -0.3 is 28.5 Å². The first kappa shape index (κ1) is 48.7. The molecule has 0 saturated heterocycles. The average Bonchev–Trinajstić information content (AvgIpc) is 3.09. The molecule has 0 rings (SSSR count). The fourth-order valence-corrected chi connectivity index (χ4v) is 4.63. The zero-order valence-electron chi connectivity index (χ0n) is 33.2. The van der Waals surface area contributed by atoms with Crippen LogP contribution in [0.4, 0.5) is 0 Å². The summed E-state index contributed by atoms with van der Waals surface area (Å²) in [5.74, 6) is -2.15. The van der Waals surface area contributed by atoms with E-state index in [-0.39, 0.29) is 38.6 Å². The number of quaternary nitrogens is 1. The summed E-state index contributed by atoms with van der Waals surface area (Å²) in [5, 5.41) is 9.59. The van der Waals surface area contributed by atoms with E-state index in [1.165, 1.54) is 12.8 Å². The number of esters is 2. The number of allylic oxidation sites excluding steroid dienone is 12. The minimum Gasteiger partial charge on any atom is -0.477 e. The number of carbonyl (C=O) groups excluding carboxylic acids is 2. The van der Waals surface area contributed by atoms with Crippen LogP contribution < -0.4 is 0 Å². The number of aliphatic carboxylic acids is 1. The highest BCUT2D eigenvalue weighted by Gasteiger charge is 2.25. The molecule has 9 nitrogen and oxygen atoms in total. The van der Waals surface area contributed by atoms with Gasteiger partial charge in [-0.3, -0.25) is 9.59 Å². The Bertz CT molecular complexity index is 1080. The number of ether oxygens (including phenoxy) is 4. The second-order valence-corrected chi connectivity index (χ2v) is 13.8. The van der Waals surface area contributed by atoms with Crippen LogP contribution in [0.1, 0.15) is 123 Å². The van der Waals surface area contributed by atoms with Gasteiger partial charge in [-0.1, -0.05) is 119 Å². The third kappa shape index (κ3) is 35.1. The molecular weight excluding hydrogens is 658 g/mol. The lowest BCUT2D eigenvalue weighted by molar-refractivity contribution is -0.870. The summed E-state index contributed by atoms with van der Waals surface area (Å²) in [5.41, 5.74) is 0. The van der Waals surface area contributed by atoms with Gasteiger partial charge in [0.1, 0.15) is 13.2 Å². The summed E-state index contributed by atoms with van der Waals surface area (Å²) in [4.78, 5) is 36.9. The SMILES string of the molecule is CC/C=C\C/C=C\C/C=C\C/C=C\CCC(=O)OC(COC(=O)CCCCCCC/C=C\C/C=C\CCCC)COC(OCC[N+](C)(C)C)C(=O)O. The number of hydrogen-bond acceptors (Lipinski definition) is 7. The Morgan fingerprint density at radius 3 is 1.71 bits per heavy atom. The zero-order valence-corrected chi connectivity index (χ0v) is 33.2. The molecular formula is C43H72NO8+. The van der Waals surface area contributed by atoms with Crippen LogP contribution in [-0.4, -0.2) is 87.4 Å². The molecule has 0 aromatic rings. The van der Waals surface area contributed by atoms with E-state index in [0.29, 0.717) is 23.9 Å². The molecule has 2 unspecified atom stereocenters. The van der Waals surface area contributed by atoms with E-state index in [2.05, 4.69) is 74.6 Å². The molecule has 0 aliphatic rings. The molecule has 296 valence electrons. The van der Waals surface area contributed by atoms with Crippen LogP contribution in [0.2, 0.25) is 0 Å². The van der Waals surface area contributed by atoms with Crippen molar-refractivity contribution in [2.24, 2.45) is 0 Å². The number of unbranched alkanes of at least 4 members (excludes halogenated alkanes) is 7. The predicted molar refractivity (Wildman–Crippen MR) is 212 cm³/mol. The molecule has 52 heavy (non-hydrogen) atoms. The van der Waals surface area contributed by atoms with Crippen molar-refractivity contribution >= 4 is 17.9 Å². The Hall–Kier alpha value is -3.27. The first-order chi connectivity index (χ1) is 25.1. The minimum atomic E-state index is -1.53. The van der Waals surface area contributed by atoms with E-state index in [1.807, 2.05) is 33.3 Å². The highest BCUT2D eigenvalue weighted by atomic mass is 16.7. The van der Waals surface area contributed by atoms with Gasteiger partial charge in [0.2, 0.25) is 0 Å². The van der Waals surface area contributed by atoms with E-state index >= 15 is 0 Å². The van der Waals surface area contributed by atoms with Crippen molar-refractivity contribution in [3.05, 3.63) is 72.9 Å². The molecule has 0 spiro atoms. The third-order valence-electron chi connectivity index (χ3n) is 7.71. The quantitative estimate of drug-likeness (QED) is 0.0229. The maximum atomic E-state index is 12.6. The van der Waals surface area contributed by atoms with Crippen LogP contribution in [0, 0.1) is 0 Å². The fourth-order valence-electron chi connectivity index (χ4n) is 4.63. The third-order valence-corrected chi connectivity index (χ3v) is 7.71. The first-order valence-electron chi connectivity index (χ1n) is 19.6. The van der Waals surface area contributed by atoms with E-state index in [0.717, 1.165) is 70.6 Å². The lowest BCUT2D eigenvalue weighted by Gasteiger charge is -2.25. The number of nitrogens with zero attached hydrogens (tertiary/aromatic N) is 1. The van der Waals surface area contributed by atoms with Crippen molar-refractivity contribution in [2.75, 3.05) is 47.5 Å². The Labute approximate surface area is 316 Å². The Kier molecular flexibility index (Phi) is 32.6. The van der Waals surface area contributed by atoms with Crippen LogP contribution in [0.15, 0.2) is 72.9 Å². The molecule has 0 radical (unpaired) electrons. The number of likely N-dealkylation sites (N-methyl/N-ethyl adjacent to an activating group) is 1. The maximum absolute atomic E-state index is 12.6. The monoisotopic (exact) mass is 731 g/mol. The second-order valence-electron chi connectivity index (χ2n) is 13.8. The molecule has 0 aromatic carbocycles. The number of carboxylic acid groups (broad SMARTS) is 1. The molecule has 2 atom stereocenters. The lowest BCUT2D eigenvalue weighted by Crippen LogP contribution is -2.40. The lowest BCUT2D eigenvalue weighted by atomic mass is 10.1. The molecule has 0 fully saturated rings. The van der Waals surface area contributed by atoms with Gasteiger partial charge in [-0.05, 0) is 64.2 Å². The van der Waals surface area contributed by atoms with Crippen LogP contribution in [-0.2, 0) is 33.3 Å². The first-order valence-corrected chi connectivity index (χ1v) is 19.6. The van der Waals surface area contributed by atoms with Gasteiger partial charge in [0.25, 0.3) is 6.29 Å². The molecule has 0 amide bonds. The van der Waals surface area contributed by atoms with Gasteiger partial charge in [-0.25, -0.2) is 4.79 Å². The second kappa shape index (κ2) is 34.8. The molecule has 0 bridgehead atoms. The van der Waals surface area contributed by atoms with Crippen molar-refractivity contribution in [1.29, 1.82) is 0 Å². The highest BCUT2D eigenvalue weighted by molar-refractivity contribution is 5.71. The van der Waals surface area contributed by atoms with Gasteiger partial charge >= 0.3 is 17.9 Å². The zero-order chi connectivity index (χ0) is 38.5. The normalized spacial score (nSPS) is 13.8. The standard InChI is InChI=1S/C43H71NO8/c1-6-8-10-12-14-16-18-20-22-23-25-27-29-31-33-40(45)50-37-39(38-51-43(42(47)48)49-36-35-44(3,4)5)52-41(46)34-32-30-28-26-24-21-19-17-15-13-11-9-7-2/h9,11-12,14-15,17-18,20-21,24,28,30,39,43H,6-8,10,13,16,19,22-23,25-27,29,31-38H2,1-5H3/p+1/b11-9-,14-12-,17-15-,20-18-,24-21-,30-28-. The summed E-state index contributed by atoms with van der Waals surface area (Å²) in [6.45, 7) is 4.57. The summed E-state index contributed by atoms with van der Waals surface area (Å²) < 4.78 is 22.5. The average molecular weight is 731 g/mol. The van der Waals surface area contributed by atoms with Gasteiger partial charge in [0.15, 0.2) is 6.10 Å². The van der Waals surface area contributed by atoms with Crippen molar-refractivity contribution in [2.45, 2.75) is 135 Å². The fraction of sp³-hybridized carbons (Fsp3) is 0.651. The Morgan fingerprint density at radius 1 is 0.596 bits per heavy atom. The number of hydrogen-bond donors (Lipinski definition) is 1. The molecule has 0 aliphatic carbocycles. The van der Waals surface area contributed by atoms with Crippen molar-refractivity contribution in [3.8, 4) is 0 Å². The van der Waals surface area contributed by atoms with Crippen molar-refractivity contribution in [1.82, 2.24) is 0 Å². The van der Waals surface area contributed by atoms with Gasteiger partial charge in [-0.15, -0.1) is 0 Å². The number of carbonyl (C=O) groups is 3. The van der Waals surface area contributed by atoms with Gasteiger partial charge in [0.05, 0.1) is 34.4 Å². The minimum absolute atomic E-state index is 0.132. The van der Waals surface area contributed by atoms with E-state index in [9.17, 15) is 19.5 Å². The smallest absolute Gasteiger partial charge is 0.361 e. The van der Waals surface area contributed by atoms with Gasteiger partial charge in [0, 0.05) is 12.8 Å². The van der Waals surface area contributed by atoms with E-state index in [1.54, 1.807) is 0 Å². The summed E-state index contributed by atoms with van der Waals surface area (Å²) in [7, 11) is 5.91. The Balaban J connectivity index is 4.67. The molecule has 9 heteroatoms. The maximum Gasteiger partial charge on any atom is 0.361 e. The van der Waals surface area contributed by atoms with E-state index in [4.69, 9.17) is 18.9 Å². The largest absolute Gasteiger partial charge is 0.477 e. The number of carboxylic acids is 1.